The van der Waals surface area contributed by atoms with Crippen molar-refractivity contribution in [1.29, 1.82) is 0 Å². The lowest BCUT2D eigenvalue weighted by atomic mass is 10.2. The van der Waals surface area contributed by atoms with E-state index in [1.54, 1.807) is 6.07 Å². The number of hydrogen-bond donors (Lipinski definition) is 2. The van der Waals surface area contributed by atoms with Gasteiger partial charge in [-0.25, -0.2) is 0 Å². The molecule has 0 aliphatic rings. The number of rotatable bonds is 5. The van der Waals surface area contributed by atoms with Crippen LogP contribution < -0.4 is 10.4 Å². The molecule has 4 heteroatoms. The number of phenolic OH excluding ortho intramolecular Hbond substituents is 1. The molecule has 1 aromatic rings. The normalized spacial score (nSPS) is 10.1. The van der Waals surface area contributed by atoms with Crippen LogP contribution in [0.2, 0.25) is 0 Å². The number of hydrogen-bond acceptors (Lipinski definition) is 4. The van der Waals surface area contributed by atoms with E-state index < -0.39 is 0 Å². The van der Waals surface area contributed by atoms with Crippen molar-refractivity contribution >= 4 is 11.4 Å². The molecule has 0 bridgehead atoms. The molecule has 0 amide bonds. The van der Waals surface area contributed by atoms with E-state index >= 15 is 0 Å². The smallest absolute Gasteiger partial charge is 0.164 e. The largest absolute Gasteiger partial charge is 0.504 e. The third kappa shape index (κ3) is 3.02. The summed E-state index contributed by atoms with van der Waals surface area (Å²) >= 11 is 0. The number of para-hydroxylation sites is 1. The van der Waals surface area contributed by atoms with Crippen LogP contribution in [-0.2, 0) is 4.84 Å². The molecule has 1 aromatic carbocycles. The molecule has 0 aliphatic heterocycles. The lowest BCUT2D eigenvalue weighted by Crippen LogP contribution is -2.10. The molecule has 0 saturated heterocycles. The Kier molecular flexibility index (Phi) is 4.24. The topological polar surface area (TPSA) is 44.7 Å². The van der Waals surface area contributed by atoms with Gasteiger partial charge in [-0.05, 0) is 18.6 Å². The van der Waals surface area contributed by atoms with Crippen LogP contribution in [0.15, 0.2) is 18.2 Å². The number of benzene rings is 1. The maximum Gasteiger partial charge on any atom is 0.164 e. The first-order valence-corrected chi connectivity index (χ1v) is 5.04. The fourth-order valence-electron chi connectivity index (χ4n) is 1.21. The Bertz CT molecular complexity index is 313. The first-order valence-electron chi connectivity index (χ1n) is 5.04. The van der Waals surface area contributed by atoms with Crippen molar-refractivity contribution < 1.29 is 9.94 Å². The van der Waals surface area contributed by atoms with Crippen molar-refractivity contribution in [2.75, 3.05) is 31.1 Å². The van der Waals surface area contributed by atoms with Gasteiger partial charge in [-0.2, -0.15) is 0 Å². The SMILES string of the molecule is CCCONc1cccc(N(C)C)c1O. The number of aromatic hydroxyl groups is 1. The molecule has 84 valence electrons. The molecule has 4 nitrogen and oxygen atoms in total. The molecule has 1 rings (SSSR count). The van der Waals surface area contributed by atoms with Gasteiger partial charge >= 0.3 is 0 Å². The van der Waals surface area contributed by atoms with Crippen molar-refractivity contribution in [3.8, 4) is 5.75 Å². The van der Waals surface area contributed by atoms with E-state index in [2.05, 4.69) is 5.48 Å². The van der Waals surface area contributed by atoms with E-state index in [0.717, 1.165) is 12.1 Å². The molecule has 0 fully saturated rings. The molecular weight excluding hydrogens is 192 g/mol. The fraction of sp³-hybridized carbons (Fsp3) is 0.455. The molecular formula is C11H18N2O2. The Hall–Kier alpha value is -1.42. The summed E-state index contributed by atoms with van der Waals surface area (Å²) < 4.78 is 0. The summed E-state index contributed by atoms with van der Waals surface area (Å²) in [6.07, 6.45) is 0.932. The number of nitrogens with zero attached hydrogens (tertiary/aromatic N) is 1. The molecule has 0 unspecified atom stereocenters. The van der Waals surface area contributed by atoms with Crippen molar-refractivity contribution in [3.05, 3.63) is 18.2 Å². The summed E-state index contributed by atoms with van der Waals surface area (Å²) in [6.45, 7) is 2.64. The minimum Gasteiger partial charge on any atom is -0.504 e. The Labute approximate surface area is 90.4 Å². The number of phenols is 1. The van der Waals surface area contributed by atoms with E-state index in [-0.39, 0.29) is 5.75 Å². The van der Waals surface area contributed by atoms with Crippen molar-refractivity contribution in [3.63, 3.8) is 0 Å². The van der Waals surface area contributed by atoms with Crippen LogP contribution in [-0.4, -0.2) is 25.8 Å². The van der Waals surface area contributed by atoms with Crippen LogP contribution in [0.3, 0.4) is 0 Å². The van der Waals surface area contributed by atoms with Crippen LogP contribution in [0.5, 0.6) is 5.75 Å². The predicted octanol–water partition coefficient (Wildman–Crippen LogP) is 2.21. The highest BCUT2D eigenvalue weighted by molar-refractivity contribution is 5.70. The maximum atomic E-state index is 9.87. The minimum absolute atomic E-state index is 0.207. The highest BCUT2D eigenvalue weighted by atomic mass is 16.6. The zero-order valence-electron chi connectivity index (χ0n) is 9.45. The molecule has 0 spiro atoms. The Morgan fingerprint density at radius 3 is 2.73 bits per heavy atom. The lowest BCUT2D eigenvalue weighted by molar-refractivity contribution is 0.193. The lowest BCUT2D eigenvalue weighted by Gasteiger charge is -2.16. The van der Waals surface area contributed by atoms with Crippen LogP contribution in [0.4, 0.5) is 11.4 Å². The zero-order valence-corrected chi connectivity index (χ0v) is 9.45. The quantitative estimate of drug-likeness (QED) is 0.444. The van der Waals surface area contributed by atoms with Crippen LogP contribution in [0.25, 0.3) is 0 Å². The van der Waals surface area contributed by atoms with Gasteiger partial charge in [0.2, 0.25) is 0 Å². The summed E-state index contributed by atoms with van der Waals surface area (Å²) in [5, 5.41) is 9.87. The van der Waals surface area contributed by atoms with Gasteiger partial charge in [-0.1, -0.05) is 13.0 Å². The number of nitrogens with one attached hydrogen (secondary N) is 1. The molecule has 2 N–H and O–H groups in total. The predicted molar refractivity (Wildman–Crippen MR) is 62.3 cm³/mol. The minimum atomic E-state index is 0.207. The van der Waals surface area contributed by atoms with Crippen LogP contribution in [0, 0.1) is 0 Å². The van der Waals surface area contributed by atoms with Crippen molar-refractivity contribution in [1.82, 2.24) is 0 Å². The monoisotopic (exact) mass is 210 g/mol. The van der Waals surface area contributed by atoms with Gasteiger partial charge in [-0.15, -0.1) is 0 Å². The van der Waals surface area contributed by atoms with Gasteiger partial charge in [0, 0.05) is 14.1 Å². The highest BCUT2D eigenvalue weighted by Crippen LogP contribution is 2.33. The third-order valence-corrected chi connectivity index (χ3v) is 1.98. The molecule has 15 heavy (non-hydrogen) atoms. The molecule has 0 saturated carbocycles. The second kappa shape index (κ2) is 5.46. The van der Waals surface area contributed by atoms with Gasteiger partial charge < -0.3 is 10.0 Å². The van der Waals surface area contributed by atoms with Crippen LogP contribution in [0.1, 0.15) is 13.3 Å². The molecule has 0 aliphatic carbocycles. The molecule has 0 aromatic heterocycles. The van der Waals surface area contributed by atoms with Crippen molar-refractivity contribution in [2.45, 2.75) is 13.3 Å². The van der Waals surface area contributed by atoms with Crippen LogP contribution >= 0.6 is 0 Å². The Morgan fingerprint density at radius 2 is 2.13 bits per heavy atom. The second-order valence-electron chi connectivity index (χ2n) is 3.52. The van der Waals surface area contributed by atoms with E-state index in [1.165, 1.54) is 0 Å². The summed E-state index contributed by atoms with van der Waals surface area (Å²) in [5.41, 5.74) is 4.09. The molecule has 0 heterocycles. The first-order chi connectivity index (χ1) is 7.16. The Morgan fingerprint density at radius 1 is 1.40 bits per heavy atom. The van der Waals surface area contributed by atoms with E-state index in [1.807, 2.05) is 38.1 Å². The third-order valence-electron chi connectivity index (χ3n) is 1.98. The van der Waals surface area contributed by atoms with Gasteiger partial charge in [0.25, 0.3) is 0 Å². The summed E-state index contributed by atoms with van der Waals surface area (Å²) in [5.74, 6) is 0.207. The molecule has 0 atom stereocenters. The molecule has 0 radical (unpaired) electrons. The summed E-state index contributed by atoms with van der Waals surface area (Å²) in [4.78, 5) is 7.00. The summed E-state index contributed by atoms with van der Waals surface area (Å²) in [7, 11) is 3.76. The van der Waals surface area contributed by atoms with Gasteiger partial charge in [0.15, 0.2) is 5.75 Å². The van der Waals surface area contributed by atoms with E-state index in [9.17, 15) is 5.11 Å². The highest BCUT2D eigenvalue weighted by Gasteiger charge is 2.07. The average Bonchev–Trinajstić information content (AvgIpc) is 2.20. The van der Waals surface area contributed by atoms with Gasteiger partial charge in [0.05, 0.1) is 12.3 Å². The summed E-state index contributed by atoms with van der Waals surface area (Å²) in [6, 6.07) is 5.49. The van der Waals surface area contributed by atoms with Gasteiger partial charge in [0.1, 0.15) is 5.69 Å². The second-order valence-corrected chi connectivity index (χ2v) is 3.52. The first kappa shape index (κ1) is 11.7. The fourth-order valence-corrected chi connectivity index (χ4v) is 1.21. The van der Waals surface area contributed by atoms with E-state index in [0.29, 0.717) is 12.3 Å². The Balaban J connectivity index is 2.75. The average molecular weight is 210 g/mol. The standard InChI is InChI=1S/C11H18N2O2/c1-4-8-15-12-9-6-5-7-10(11(9)14)13(2)3/h5-7,12,14H,4,8H2,1-3H3. The maximum absolute atomic E-state index is 9.87. The zero-order chi connectivity index (χ0) is 11.3. The van der Waals surface area contributed by atoms with Crippen molar-refractivity contribution in [2.24, 2.45) is 0 Å². The van der Waals surface area contributed by atoms with E-state index in [4.69, 9.17) is 4.84 Å². The number of anilines is 2. The van der Waals surface area contributed by atoms with Gasteiger partial charge in [-0.3, -0.25) is 10.3 Å².